The van der Waals surface area contributed by atoms with Gasteiger partial charge in [0.1, 0.15) is 0 Å². The van der Waals surface area contributed by atoms with Gasteiger partial charge in [0, 0.05) is 23.4 Å². The number of benzene rings is 3. The molecule has 0 aliphatic rings. The molecule has 0 unspecified atom stereocenters. The Kier molecular flexibility index (Phi) is 5.74. The van der Waals surface area contributed by atoms with Gasteiger partial charge in [0.05, 0.1) is 15.6 Å². The summed E-state index contributed by atoms with van der Waals surface area (Å²) in [5.41, 5.74) is 2.25. The number of nitro groups is 1. The third-order valence-corrected chi connectivity index (χ3v) is 5.99. The fraction of sp³-hybridized carbons (Fsp3) is 0.0952. The van der Waals surface area contributed by atoms with E-state index in [0.29, 0.717) is 16.8 Å². The molecule has 148 valence electrons. The highest BCUT2D eigenvalue weighted by Gasteiger charge is 2.16. The summed E-state index contributed by atoms with van der Waals surface area (Å²) in [6.07, 6.45) is 0. The quantitative estimate of drug-likeness (QED) is 0.486. The number of aryl methyl sites for hydroxylation is 1. The number of carbonyl (C=O) groups excluding carboxylic acids is 1. The highest BCUT2D eigenvalue weighted by atomic mass is 32.2. The molecule has 0 fully saturated rings. The Hall–Kier alpha value is -3.52. The predicted molar refractivity (Wildman–Crippen MR) is 110 cm³/mol. The van der Waals surface area contributed by atoms with E-state index >= 15 is 0 Å². The molecule has 3 aromatic carbocycles. The van der Waals surface area contributed by atoms with Gasteiger partial charge in [0.25, 0.3) is 11.6 Å². The summed E-state index contributed by atoms with van der Waals surface area (Å²) in [5.74, 6) is -0.563. The Morgan fingerprint density at radius 1 is 0.931 bits per heavy atom. The van der Waals surface area contributed by atoms with E-state index in [1.165, 1.54) is 24.3 Å². The summed E-state index contributed by atoms with van der Waals surface area (Å²) < 4.78 is 25.0. The molecule has 0 aromatic heterocycles. The van der Waals surface area contributed by atoms with E-state index in [9.17, 15) is 23.3 Å². The van der Waals surface area contributed by atoms with E-state index in [-0.39, 0.29) is 16.3 Å². The molecule has 29 heavy (non-hydrogen) atoms. The van der Waals surface area contributed by atoms with Crippen LogP contribution in [0.1, 0.15) is 21.5 Å². The molecule has 0 heterocycles. The van der Waals surface area contributed by atoms with Crippen LogP contribution < -0.4 is 5.32 Å². The Labute approximate surface area is 168 Å². The number of non-ortho nitro benzene ring substituents is 1. The van der Waals surface area contributed by atoms with Gasteiger partial charge in [-0.3, -0.25) is 14.9 Å². The molecule has 7 nitrogen and oxygen atoms in total. The summed E-state index contributed by atoms with van der Waals surface area (Å²) in [6, 6.07) is 18.4. The van der Waals surface area contributed by atoms with Crippen molar-refractivity contribution in [2.24, 2.45) is 0 Å². The fourth-order valence-corrected chi connectivity index (χ4v) is 4.02. The smallest absolute Gasteiger partial charge is 0.269 e. The second-order valence-electron chi connectivity index (χ2n) is 6.53. The first-order valence-electron chi connectivity index (χ1n) is 8.69. The van der Waals surface area contributed by atoms with Crippen molar-refractivity contribution < 1.29 is 18.1 Å². The lowest BCUT2D eigenvalue weighted by Gasteiger charge is -2.08. The Bertz CT molecular complexity index is 1140. The van der Waals surface area contributed by atoms with E-state index in [1.54, 1.807) is 48.5 Å². The molecule has 0 aliphatic heterocycles. The maximum Gasteiger partial charge on any atom is 0.269 e. The van der Waals surface area contributed by atoms with Crippen molar-refractivity contribution in [3.8, 4) is 0 Å². The summed E-state index contributed by atoms with van der Waals surface area (Å²) >= 11 is 0. The van der Waals surface area contributed by atoms with Crippen molar-refractivity contribution in [2.75, 3.05) is 5.32 Å². The first-order chi connectivity index (χ1) is 13.7. The molecule has 0 radical (unpaired) electrons. The van der Waals surface area contributed by atoms with E-state index in [4.69, 9.17) is 0 Å². The highest BCUT2D eigenvalue weighted by molar-refractivity contribution is 7.90. The molecule has 0 aliphatic carbocycles. The summed E-state index contributed by atoms with van der Waals surface area (Å²) in [5, 5.41) is 13.3. The average Bonchev–Trinajstić information content (AvgIpc) is 2.69. The number of amides is 1. The molecule has 0 atom stereocenters. The lowest BCUT2D eigenvalue weighted by molar-refractivity contribution is -0.384. The lowest BCUT2D eigenvalue weighted by atomic mass is 10.1. The maximum absolute atomic E-state index is 12.5. The highest BCUT2D eigenvalue weighted by Crippen LogP contribution is 2.19. The number of anilines is 1. The zero-order chi connectivity index (χ0) is 21.0. The van der Waals surface area contributed by atoms with Gasteiger partial charge in [0.2, 0.25) is 0 Å². The van der Waals surface area contributed by atoms with E-state index < -0.39 is 20.7 Å². The van der Waals surface area contributed by atoms with Gasteiger partial charge in [-0.25, -0.2) is 8.42 Å². The van der Waals surface area contributed by atoms with E-state index in [0.717, 1.165) is 5.56 Å². The van der Waals surface area contributed by atoms with Crippen LogP contribution in [0.15, 0.2) is 77.7 Å². The average molecular weight is 410 g/mol. The summed E-state index contributed by atoms with van der Waals surface area (Å²) in [4.78, 5) is 22.7. The fourth-order valence-electron chi connectivity index (χ4n) is 2.67. The number of nitrogens with zero attached hydrogens (tertiary/aromatic N) is 1. The van der Waals surface area contributed by atoms with Crippen LogP contribution >= 0.6 is 0 Å². The van der Waals surface area contributed by atoms with Gasteiger partial charge >= 0.3 is 0 Å². The normalized spacial score (nSPS) is 11.1. The van der Waals surface area contributed by atoms with Gasteiger partial charge in [-0.05, 0) is 48.9 Å². The Morgan fingerprint density at radius 3 is 2.07 bits per heavy atom. The van der Waals surface area contributed by atoms with Gasteiger partial charge in [-0.2, -0.15) is 0 Å². The third-order valence-electron chi connectivity index (χ3n) is 4.29. The molecule has 0 saturated carbocycles. The Balaban J connectivity index is 1.68. The molecule has 3 rings (SSSR count). The van der Waals surface area contributed by atoms with E-state index in [1.807, 2.05) is 6.92 Å². The van der Waals surface area contributed by atoms with Crippen molar-refractivity contribution >= 4 is 27.1 Å². The molecule has 1 amide bonds. The standard InChI is InChI=1S/C21H18N2O5S/c1-15-2-12-20(13-3-15)29(27,28)14-16-4-6-17(7-5-16)21(24)22-18-8-10-19(11-9-18)23(25)26/h2-13H,14H2,1H3,(H,22,24). The van der Waals surface area contributed by atoms with Crippen LogP contribution in [0.2, 0.25) is 0 Å². The van der Waals surface area contributed by atoms with Crippen LogP contribution in [-0.4, -0.2) is 19.2 Å². The molecular formula is C21H18N2O5S. The first kappa shape index (κ1) is 20.2. The molecular weight excluding hydrogens is 392 g/mol. The van der Waals surface area contributed by atoms with Crippen LogP contribution in [0.3, 0.4) is 0 Å². The van der Waals surface area contributed by atoms with Crippen LogP contribution in [0.25, 0.3) is 0 Å². The molecule has 1 N–H and O–H groups in total. The summed E-state index contributed by atoms with van der Waals surface area (Å²) in [7, 11) is -3.48. The van der Waals surface area contributed by atoms with Crippen molar-refractivity contribution in [3.05, 3.63) is 99.6 Å². The van der Waals surface area contributed by atoms with E-state index in [2.05, 4.69) is 5.32 Å². The minimum Gasteiger partial charge on any atom is -0.322 e. The molecule has 0 saturated heterocycles. The topological polar surface area (TPSA) is 106 Å². The van der Waals surface area contributed by atoms with Crippen LogP contribution in [0, 0.1) is 17.0 Å². The predicted octanol–water partition coefficient (Wildman–Crippen LogP) is 4.13. The minimum absolute atomic E-state index is 0.0675. The van der Waals surface area contributed by atoms with Crippen molar-refractivity contribution in [3.63, 3.8) is 0 Å². The van der Waals surface area contributed by atoms with Gasteiger partial charge in [-0.1, -0.05) is 29.8 Å². The maximum atomic E-state index is 12.5. The molecule has 8 heteroatoms. The summed E-state index contributed by atoms with van der Waals surface area (Å²) in [6.45, 7) is 1.89. The van der Waals surface area contributed by atoms with Crippen LogP contribution in [0.4, 0.5) is 11.4 Å². The van der Waals surface area contributed by atoms with Gasteiger partial charge in [0.15, 0.2) is 9.84 Å². The molecule has 0 bridgehead atoms. The lowest BCUT2D eigenvalue weighted by Crippen LogP contribution is -2.12. The monoisotopic (exact) mass is 410 g/mol. The number of hydrogen-bond donors (Lipinski definition) is 1. The molecule has 0 spiro atoms. The SMILES string of the molecule is Cc1ccc(S(=O)(=O)Cc2ccc(C(=O)Nc3ccc([N+](=O)[O-])cc3)cc2)cc1. The third kappa shape index (κ3) is 5.05. The zero-order valence-corrected chi connectivity index (χ0v) is 16.3. The number of nitrogens with one attached hydrogen (secondary N) is 1. The van der Waals surface area contributed by atoms with Crippen LogP contribution in [-0.2, 0) is 15.6 Å². The number of carbonyl (C=O) groups is 1. The number of nitro benzene ring substituents is 1. The van der Waals surface area contributed by atoms with Crippen molar-refractivity contribution in [1.29, 1.82) is 0 Å². The number of sulfone groups is 1. The largest absolute Gasteiger partial charge is 0.322 e. The first-order valence-corrected chi connectivity index (χ1v) is 10.3. The van der Waals surface area contributed by atoms with Gasteiger partial charge in [-0.15, -0.1) is 0 Å². The minimum atomic E-state index is -3.48. The Morgan fingerprint density at radius 2 is 1.52 bits per heavy atom. The van der Waals surface area contributed by atoms with Crippen molar-refractivity contribution in [2.45, 2.75) is 17.6 Å². The zero-order valence-electron chi connectivity index (χ0n) is 15.5. The second-order valence-corrected chi connectivity index (χ2v) is 8.52. The number of hydrogen-bond acceptors (Lipinski definition) is 5. The number of rotatable bonds is 6. The molecule has 3 aromatic rings. The van der Waals surface area contributed by atoms with Crippen molar-refractivity contribution in [1.82, 2.24) is 0 Å². The van der Waals surface area contributed by atoms with Gasteiger partial charge < -0.3 is 5.32 Å². The second kappa shape index (κ2) is 8.24. The van der Waals surface area contributed by atoms with Crippen LogP contribution in [0.5, 0.6) is 0 Å².